The summed E-state index contributed by atoms with van der Waals surface area (Å²) in [5, 5.41) is 8.78. The monoisotopic (exact) mass is 298 g/mol. The molecule has 120 valence electrons. The molecule has 0 aromatic heterocycles. The molecule has 6 nitrogen and oxygen atoms in total. The molecular weight excluding hydrogens is 272 g/mol. The van der Waals surface area contributed by atoms with Crippen molar-refractivity contribution in [2.24, 2.45) is 5.92 Å². The standard InChI is InChI=1S/C15H26N2O4/c1-21-13-5-3-9-17(11-13)15(20)16-8-2-4-12(10-16)6-7-14(18)19/h12-13H,2-11H2,1H3,(H,18,19). The Labute approximate surface area is 126 Å². The molecule has 0 aliphatic carbocycles. The first-order chi connectivity index (χ1) is 10.1. The molecule has 6 heteroatoms. The molecule has 2 saturated heterocycles. The fourth-order valence-corrected chi connectivity index (χ4v) is 3.31. The van der Waals surface area contributed by atoms with Crippen LogP contribution in [0.4, 0.5) is 4.79 Å². The number of carbonyl (C=O) groups excluding carboxylic acids is 1. The predicted octanol–water partition coefficient (Wildman–Crippen LogP) is 1.79. The van der Waals surface area contributed by atoms with Crippen molar-refractivity contribution in [3.8, 4) is 0 Å². The summed E-state index contributed by atoms with van der Waals surface area (Å²) in [6.45, 7) is 2.96. The lowest BCUT2D eigenvalue weighted by Crippen LogP contribution is -2.51. The van der Waals surface area contributed by atoms with Gasteiger partial charge >= 0.3 is 12.0 Å². The number of likely N-dealkylation sites (tertiary alicyclic amines) is 2. The van der Waals surface area contributed by atoms with Gasteiger partial charge in [0.1, 0.15) is 0 Å². The number of urea groups is 1. The molecule has 2 atom stereocenters. The van der Waals surface area contributed by atoms with E-state index in [1.54, 1.807) is 7.11 Å². The van der Waals surface area contributed by atoms with Crippen molar-refractivity contribution in [2.45, 2.75) is 44.6 Å². The van der Waals surface area contributed by atoms with Gasteiger partial charge in [-0.15, -0.1) is 0 Å². The molecule has 0 aromatic rings. The van der Waals surface area contributed by atoms with E-state index in [-0.39, 0.29) is 18.6 Å². The van der Waals surface area contributed by atoms with E-state index in [0.717, 1.165) is 38.8 Å². The molecule has 21 heavy (non-hydrogen) atoms. The molecule has 2 aliphatic rings. The van der Waals surface area contributed by atoms with Crippen LogP contribution in [0.25, 0.3) is 0 Å². The lowest BCUT2D eigenvalue weighted by molar-refractivity contribution is -0.137. The number of hydrogen-bond donors (Lipinski definition) is 1. The van der Waals surface area contributed by atoms with Crippen LogP contribution in [-0.2, 0) is 9.53 Å². The quantitative estimate of drug-likeness (QED) is 0.859. The van der Waals surface area contributed by atoms with E-state index in [2.05, 4.69) is 0 Å². The summed E-state index contributed by atoms with van der Waals surface area (Å²) in [5.74, 6) is -0.431. The fourth-order valence-electron chi connectivity index (χ4n) is 3.31. The van der Waals surface area contributed by atoms with Gasteiger partial charge in [0, 0.05) is 39.7 Å². The van der Waals surface area contributed by atoms with Crippen LogP contribution in [0.1, 0.15) is 38.5 Å². The number of aliphatic carboxylic acids is 1. The first-order valence-electron chi connectivity index (χ1n) is 7.88. The number of nitrogens with zero attached hydrogens (tertiary/aromatic N) is 2. The van der Waals surface area contributed by atoms with Gasteiger partial charge in [-0.2, -0.15) is 0 Å². The van der Waals surface area contributed by atoms with Crippen LogP contribution in [-0.4, -0.2) is 66.3 Å². The Hall–Kier alpha value is -1.30. The van der Waals surface area contributed by atoms with Crippen LogP contribution in [0.3, 0.4) is 0 Å². The highest BCUT2D eigenvalue weighted by atomic mass is 16.5. The topological polar surface area (TPSA) is 70.1 Å². The molecule has 2 aliphatic heterocycles. The zero-order valence-electron chi connectivity index (χ0n) is 12.8. The van der Waals surface area contributed by atoms with Crippen molar-refractivity contribution >= 4 is 12.0 Å². The molecule has 0 spiro atoms. The number of carbonyl (C=O) groups is 2. The van der Waals surface area contributed by atoms with Crippen LogP contribution in [0.15, 0.2) is 0 Å². The normalized spacial score (nSPS) is 26.7. The number of carboxylic acids is 1. The average molecular weight is 298 g/mol. The molecular formula is C15H26N2O4. The Kier molecular flexibility index (Phi) is 5.85. The third-order valence-electron chi connectivity index (χ3n) is 4.54. The van der Waals surface area contributed by atoms with Crippen molar-refractivity contribution in [2.75, 3.05) is 33.3 Å². The second-order valence-electron chi connectivity index (χ2n) is 6.12. The molecule has 2 amide bonds. The summed E-state index contributed by atoms with van der Waals surface area (Å²) in [5.41, 5.74) is 0. The molecule has 2 rings (SSSR count). The summed E-state index contributed by atoms with van der Waals surface area (Å²) in [6.07, 6.45) is 5.01. The predicted molar refractivity (Wildman–Crippen MR) is 78.2 cm³/mol. The zero-order chi connectivity index (χ0) is 15.2. The lowest BCUT2D eigenvalue weighted by atomic mass is 9.93. The maximum absolute atomic E-state index is 12.6. The van der Waals surface area contributed by atoms with E-state index in [1.807, 2.05) is 9.80 Å². The highest BCUT2D eigenvalue weighted by molar-refractivity contribution is 5.74. The molecule has 0 bridgehead atoms. The number of amides is 2. The van der Waals surface area contributed by atoms with E-state index in [1.165, 1.54) is 0 Å². The Morgan fingerprint density at radius 3 is 2.48 bits per heavy atom. The molecule has 1 N–H and O–H groups in total. The van der Waals surface area contributed by atoms with Gasteiger partial charge in [0.15, 0.2) is 0 Å². The summed E-state index contributed by atoms with van der Waals surface area (Å²) in [4.78, 5) is 27.0. The van der Waals surface area contributed by atoms with Crippen LogP contribution in [0.5, 0.6) is 0 Å². The Bertz CT molecular complexity index is 375. The van der Waals surface area contributed by atoms with Crippen molar-refractivity contribution in [3.05, 3.63) is 0 Å². The Morgan fingerprint density at radius 2 is 1.81 bits per heavy atom. The Morgan fingerprint density at radius 1 is 1.14 bits per heavy atom. The zero-order valence-corrected chi connectivity index (χ0v) is 12.8. The third-order valence-corrected chi connectivity index (χ3v) is 4.54. The highest BCUT2D eigenvalue weighted by Crippen LogP contribution is 2.23. The van der Waals surface area contributed by atoms with Gasteiger partial charge in [0.2, 0.25) is 0 Å². The molecule has 0 saturated carbocycles. The number of ether oxygens (including phenoxy) is 1. The lowest BCUT2D eigenvalue weighted by Gasteiger charge is -2.39. The fraction of sp³-hybridized carbons (Fsp3) is 0.867. The smallest absolute Gasteiger partial charge is 0.320 e. The summed E-state index contributed by atoms with van der Waals surface area (Å²) < 4.78 is 5.37. The van der Waals surface area contributed by atoms with Crippen LogP contribution < -0.4 is 0 Å². The van der Waals surface area contributed by atoms with E-state index >= 15 is 0 Å². The average Bonchev–Trinajstić information content (AvgIpc) is 2.52. The second kappa shape index (κ2) is 7.64. The van der Waals surface area contributed by atoms with Gasteiger partial charge in [-0.25, -0.2) is 4.79 Å². The minimum atomic E-state index is -0.752. The molecule has 0 aromatic carbocycles. The van der Waals surface area contributed by atoms with E-state index in [9.17, 15) is 9.59 Å². The first kappa shape index (κ1) is 16.1. The summed E-state index contributed by atoms with van der Waals surface area (Å²) in [7, 11) is 1.70. The minimum Gasteiger partial charge on any atom is -0.481 e. The van der Waals surface area contributed by atoms with E-state index in [0.29, 0.717) is 25.4 Å². The summed E-state index contributed by atoms with van der Waals surface area (Å²) >= 11 is 0. The minimum absolute atomic E-state index is 0.0942. The van der Waals surface area contributed by atoms with Crippen LogP contribution >= 0.6 is 0 Å². The van der Waals surface area contributed by atoms with Gasteiger partial charge in [-0.1, -0.05) is 0 Å². The van der Waals surface area contributed by atoms with Gasteiger partial charge in [0.05, 0.1) is 6.10 Å². The molecule has 2 unspecified atom stereocenters. The van der Waals surface area contributed by atoms with Crippen molar-refractivity contribution in [3.63, 3.8) is 0 Å². The van der Waals surface area contributed by atoms with Crippen molar-refractivity contribution < 1.29 is 19.4 Å². The maximum Gasteiger partial charge on any atom is 0.320 e. The van der Waals surface area contributed by atoms with Crippen LogP contribution in [0.2, 0.25) is 0 Å². The third kappa shape index (κ3) is 4.59. The van der Waals surface area contributed by atoms with Crippen molar-refractivity contribution in [1.29, 1.82) is 0 Å². The largest absolute Gasteiger partial charge is 0.481 e. The number of rotatable bonds is 4. The van der Waals surface area contributed by atoms with Gasteiger partial charge in [0.25, 0.3) is 0 Å². The Balaban J connectivity index is 1.85. The summed E-state index contributed by atoms with van der Waals surface area (Å²) in [6, 6.07) is 0.0942. The van der Waals surface area contributed by atoms with E-state index in [4.69, 9.17) is 9.84 Å². The van der Waals surface area contributed by atoms with Gasteiger partial charge < -0.3 is 19.6 Å². The van der Waals surface area contributed by atoms with Gasteiger partial charge in [-0.05, 0) is 38.0 Å². The van der Waals surface area contributed by atoms with Crippen molar-refractivity contribution in [1.82, 2.24) is 9.80 Å². The van der Waals surface area contributed by atoms with Gasteiger partial charge in [-0.3, -0.25) is 4.79 Å². The number of carboxylic acid groups (broad SMARTS) is 1. The number of piperidine rings is 2. The van der Waals surface area contributed by atoms with E-state index < -0.39 is 5.97 Å². The number of hydrogen-bond acceptors (Lipinski definition) is 3. The molecule has 0 radical (unpaired) electrons. The molecule has 2 fully saturated rings. The molecule has 2 heterocycles. The second-order valence-corrected chi connectivity index (χ2v) is 6.12. The maximum atomic E-state index is 12.6. The highest BCUT2D eigenvalue weighted by Gasteiger charge is 2.30. The van der Waals surface area contributed by atoms with Crippen LogP contribution in [0, 0.1) is 5.92 Å². The first-order valence-corrected chi connectivity index (χ1v) is 7.88. The number of methoxy groups -OCH3 is 1. The SMILES string of the molecule is COC1CCCN(C(=O)N2CCCC(CCC(=O)O)C2)C1.